The molecule has 1 aromatic heterocycles. The van der Waals surface area contributed by atoms with Crippen molar-refractivity contribution < 1.29 is 17.9 Å². The average molecular weight is 438 g/mol. The molecule has 0 atom stereocenters. The van der Waals surface area contributed by atoms with E-state index >= 15 is 0 Å². The highest BCUT2D eigenvalue weighted by Crippen LogP contribution is 2.38. The Morgan fingerprint density at radius 2 is 1.90 bits per heavy atom. The van der Waals surface area contributed by atoms with E-state index in [1.54, 1.807) is 6.20 Å². The van der Waals surface area contributed by atoms with Crippen molar-refractivity contribution in [1.29, 1.82) is 0 Å². The van der Waals surface area contributed by atoms with E-state index in [0.717, 1.165) is 53.3 Å². The number of rotatable bonds is 6. The summed E-state index contributed by atoms with van der Waals surface area (Å²) < 4.78 is 30.7. The molecule has 0 bridgehead atoms. The summed E-state index contributed by atoms with van der Waals surface area (Å²) in [6.45, 7) is 0.392. The van der Waals surface area contributed by atoms with Gasteiger partial charge in [0.05, 0.1) is 11.9 Å². The van der Waals surface area contributed by atoms with Gasteiger partial charge < -0.3 is 10.1 Å². The number of sulfonamides is 1. The topological polar surface area (TPSA) is 97.4 Å². The van der Waals surface area contributed by atoms with Crippen LogP contribution in [0.1, 0.15) is 23.1 Å². The van der Waals surface area contributed by atoms with Gasteiger partial charge in [-0.25, -0.2) is 22.9 Å². The molecule has 3 aromatic rings. The standard InChI is InChI=1S/C23H23N3O4S/c1-31(28,29)26-23(27)25-22-19-9-5-8-17(19)10-11-20(22)18-12-13-24-21(14-18)30-15-16-6-3-2-4-7-16/h2-4,6-7,10-14H,5,8-9,15H2,1H3,(H2,25,26,27). The molecule has 1 heterocycles. The maximum atomic E-state index is 12.3. The minimum atomic E-state index is -3.67. The zero-order chi connectivity index (χ0) is 21.8. The van der Waals surface area contributed by atoms with Crippen LogP contribution in [0, 0.1) is 0 Å². The third kappa shape index (κ3) is 5.21. The first kappa shape index (κ1) is 20.9. The summed E-state index contributed by atoms with van der Waals surface area (Å²) in [6.07, 6.45) is 5.34. The van der Waals surface area contributed by atoms with Gasteiger partial charge in [0, 0.05) is 17.8 Å². The fourth-order valence-corrected chi connectivity index (χ4v) is 4.13. The molecule has 1 aliphatic carbocycles. The summed E-state index contributed by atoms with van der Waals surface area (Å²) in [4.78, 5) is 16.6. The molecule has 0 spiro atoms. The van der Waals surface area contributed by atoms with E-state index in [-0.39, 0.29) is 0 Å². The first-order valence-corrected chi connectivity index (χ1v) is 11.8. The van der Waals surface area contributed by atoms with Crippen molar-refractivity contribution in [2.45, 2.75) is 25.9 Å². The van der Waals surface area contributed by atoms with E-state index < -0.39 is 16.1 Å². The van der Waals surface area contributed by atoms with Crippen molar-refractivity contribution in [1.82, 2.24) is 9.71 Å². The molecule has 2 amide bonds. The van der Waals surface area contributed by atoms with Crippen molar-refractivity contribution >= 4 is 21.7 Å². The fraction of sp³-hybridized carbons (Fsp3) is 0.217. The van der Waals surface area contributed by atoms with Crippen LogP contribution < -0.4 is 14.8 Å². The summed E-state index contributed by atoms with van der Waals surface area (Å²) >= 11 is 0. The van der Waals surface area contributed by atoms with E-state index in [1.807, 2.05) is 53.3 Å². The van der Waals surface area contributed by atoms with Crippen LogP contribution in [0.5, 0.6) is 5.88 Å². The molecule has 0 radical (unpaired) electrons. The quantitative estimate of drug-likeness (QED) is 0.610. The van der Waals surface area contributed by atoms with Crippen molar-refractivity contribution in [3.05, 3.63) is 77.5 Å². The maximum absolute atomic E-state index is 12.3. The van der Waals surface area contributed by atoms with E-state index in [2.05, 4.69) is 16.4 Å². The van der Waals surface area contributed by atoms with Gasteiger partial charge in [0.1, 0.15) is 6.61 Å². The fourth-order valence-electron chi connectivity index (χ4n) is 3.74. The summed E-state index contributed by atoms with van der Waals surface area (Å²) in [5.74, 6) is 0.466. The molecule has 8 heteroatoms. The molecule has 2 N–H and O–H groups in total. The summed E-state index contributed by atoms with van der Waals surface area (Å²) in [7, 11) is -3.67. The Hall–Kier alpha value is -3.39. The van der Waals surface area contributed by atoms with Crippen LogP contribution in [0.15, 0.2) is 60.8 Å². The van der Waals surface area contributed by atoms with Crippen LogP contribution in [-0.4, -0.2) is 25.7 Å². The largest absolute Gasteiger partial charge is 0.473 e. The first-order chi connectivity index (χ1) is 14.9. The Bertz CT molecular complexity index is 1210. The lowest BCUT2D eigenvalue weighted by Crippen LogP contribution is -2.33. The van der Waals surface area contributed by atoms with Gasteiger partial charge in [0.25, 0.3) is 0 Å². The second-order valence-corrected chi connectivity index (χ2v) is 9.21. The Kier molecular flexibility index (Phi) is 5.90. The lowest BCUT2D eigenvalue weighted by atomic mass is 9.98. The maximum Gasteiger partial charge on any atom is 0.332 e. The molecule has 0 aliphatic heterocycles. The zero-order valence-electron chi connectivity index (χ0n) is 17.1. The van der Waals surface area contributed by atoms with Crippen molar-refractivity contribution in [2.75, 3.05) is 11.6 Å². The number of fused-ring (bicyclic) bond motifs is 1. The van der Waals surface area contributed by atoms with Crippen molar-refractivity contribution in [3.63, 3.8) is 0 Å². The number of nitrogens with one attached hydrogen (secondary N) is 2. The average Bonchev–Trinajstić information content (AvgIpc) is 3.21. The number of anilines is 1. The summed E-state index contributed by atoms with van der Waals surface area (Å²) in [5, 5.41) is 2.75. The number of carbonyl (C=O) groups is 1. The number of hydrogen-bond acceptors (Lipinski definition) is 5. The van der Waals surface area contributed by atoms with Gasteiger partial charge in [0.2, 0.25) is 15.9 Å². The number of benzene rings is 2. The number of amides is 2. The number of carbonyl (C=O) groups excluding carboxylic acids is 1. The SMILES string of the molecule is CS(=O)(=O)NC(=O)Nc1c(-c2ccnc(OCc3ccccc3)c2)ccc2c1CCC2. The van der Waals surface area contributed by atoms with Gasteiger partial charge in [-0.3, -0.25) is 0 Å². The molecule has 1 aliphatic rings. The van der Waals surface area contributed by atoms with Crippen LogP contribution >= 0.6 is 0 Å². The molecule has 31 heavy (non-hydrogen) atoms. The number of urea groups is 1. The highest BCUT2D eigenvalue weighted by atomic mass is 32.2. The highest BCUT2D eigenvalue weighted by Gasteiger charge is 2.21. The Morgan fingerprint density at radius 1 is 1.10 bits per heavy atom. The van der Waals surface area contributed by atoms with Crippen LogP contribution in [-0.2, 0) is 29.5 Å². The number of aryl methyl sites for hydroxylation is 1. The van der Waals surface area contributed by atoms with Crippen LogP contribution in [0.2, 0.25) is 0 Å². The molecule has 7 nitrogen and oxygen atoms in total. The van der Waals surface area contributed by atoms with Gasteiger partial charge in [-0.15, -0.1) is 0 Å². The minimum Gasteiger partial charge on any atom is -0.473 e. The Labute approximate surface area is 181 Å². The molecular formula is C23H23N3O4S. The Morgan fingerprint density at radius 3 is 2.68 bits per heavy atom. The molecule has 0 unspecified atom stereocenters. The second-order valence-electron chi connectivity index (χ2n) is 7.46. The van der Waals surface area contributed by atoms with E-state index in [4.69, 9.17) is 4.74 Å². The van der Waals surface area contributed by atoms with E-state index in [0.29, 0.717) is 18.2 Å². The monoisotopic (exact) mass is 437 g/mol. The molecule has 160 valence electrons. The molecule has 0 saturated carbocycles. The molecular weight excluding hydrogens is 414 g/mol. The third-order valence-electron chi connectivity index (χ3n) is 5.07. The molecule has 2 aromatic carbocycles. The number of hydrogen-bond donors (Lipinski definition) is 2. The number of nitrogens with zero attached hydrogens (tertiary/aromatic N) is 1. The lowest BCUT2D eigenvalue weighted by Gasteiger charge is -2.17. The van der Waals surface area contributed by atoms with Gasteiger partial charge in [-0.2, -0.15) is 0 Å². The molecule has 4 rings (SSSR count). The van der Waals surface area contributed by atoms with Crippen LogP contribution in [0.3, 0.4) is 0 Å². The first-order valence-electron chi connectivity index (χ1n) is 9.96. The van der Waals surface area contributed by atoms with Crippen molar-refractivity contribution in [3.8, 4) is 17.0 Å². The molecule has 0 fully saturated rings. The third-order valence-corrected chi connectivity index (χ3v) is 5.63. The Balaban J connectivity index is 1.64. The van der Waals surface area contributed by atoms with Gasteiger partial charge in [-0.05, 0) is 47.6 Å². The summed E-state index contributed by atoms with van der Waals surface area (Å²) in [5.41, 5.74) is 5.46. The number of pyridine rings is 1. The van der Waals surface area contributed by atoms with Gasteiger partial charge in [-0.1, -0.05) is 42.5 Å². The lowest BCUT2D eigenvalue weighted by molar-refractivity contribution is 0.256. The van der Waals surface area contributed by atoms with Crippen LogP contribution in [0.25, 0.3) is 11.1 Å². The summed E-state index contributed by atoms with van der Waals surface area (Å²) in [6, 6.07) is 16.7. The number of ether oxygens (including phenoxy) is 1. The van der Waals surface area contributed by atoms with Crippen molar-refractivity contribution in [2.24, 2.45) is 0 Å². The predicted octanol–water partition coefficient (Wildman–Crippen LogP) is 3.90. The highest BCUT2D eigenvalue weighted by molar-refractivity contribution is 7.89. The normalized spacial score (nSPS) is 12.8. The predicted molar refractivity (Wildman–Crippen MR) is 119 cm³/mol. The number of aromatic nitrogens is 1. The van der Waals surface area contributed by atoms with Crippen LogP contribution in [0.4, 0.5) is 10.5 Å². The van der Waals surface area contributed by atoms with E-state index in [9.17, 15) is 13.2 Å². The molecule has 0 saturated heterocycles. The smallest absolute Gasteiger partial charge is 0.332 e. The minimum absolute atomic E-state index is 0.392. The van der Waals surface area contributed by atoms with Gasteiger partial charge >= 0.3 is 6.03 Å². The van der Waals surface area contributed by atoms with Gasteiger partial charge in [0.15, 0.2) is 0 Å². The van der Waals surface area contributed by atoms with E-state index in [1.165, 1.54) is 0 Å². The second kappa shape index (κ2) is 8.77. The zero-order valence-corrected chi connectivity index (χ0v) is 17.9.